The minimum atomic E-state index is -0.478. The van der Waals surface area contributed by atoms with Crippen molar-refractivity contribution in [1.29, 1.82) is 0 Å². The van der Waals surface area contributed by atoms with E-state index in [4.69, 9.17) is 27.9 Å². The van der Waals surface area contributed by atoms with Crippen molar-refractivity contribution in [3.63, 3.8) is 0 Å². The summed E-state index contributed by atoms with van der Waals surface area (Å²) in [5.74, 6) is 0.778. The van der Waals surface area contributed by atoms with Gasteiger partial charge < -0.3 is 9.84 Å². The standard InChI is InChI=1S/C16H16Cl2O2/c1-10-7-12(11(2)19)4-6-16(10)20-9-13-3-5-14(17)8-15(13)18/h3-8,11,19H,9H2,1-2H3/t11-/m0/s1. The van der Waals surface area contributed by atoms with E-state index >= 15 is 0 Å². The Morgan fingerprint density at radius 2 is 1.90 bits per heavy atom. The van der Waals surface area contributed by atoms with E-state index in [9.17, 15) is 5.11 Å². The van der Waals surface area contributed by atoms with Gasteiger partial charge in [-0.3, -0.25) is 0 Å². The zero-order valence-electron chi connectivity index (χ0n) is 11.4. The van der Waals surface area contributed by atoms with Gasteiger partial charge in [-0.05, 0) is 49.2 Å². The van der Waals surface area contributed by atoms with E-state index in [1.807, 2.05) is 31.2 Å². The molecular weight excluding hydrogens is 295 g/mol. The number of ether oxygens (including phenoxy) is 1. The molecule has 0 saturated carbocycles. The molecule has 2 aromatic carbocycles. The molecule has 0 aromatic heterocycles. The van der Waals surface area contributed by atoms with Crippen molar-refractivity contribution in [2.75, 3.05) is 0 Å². The Balaban J connectivity index is 2.11. The summed E-state index contributed by atoms with van der Waals surface area (Å²) in [7, 11) is 0. The summed E-state index contributed by atoms with van der Waals surface area (Å²) in [6.07, 6.45) is -0.478. The van der Waals surface area contributed by atoms with Gasteiger partial charge in [-0.25, -0.2) is 0 Å². The number of halogens is 2. The SMILES string of the molecule is Cc1cc([C@H](C)O)ccc1OCc1ccc(Cl)cc1Cl. The molecule has 2 aromatic rings. The second-order valence-corrected chi connectivity index (χ2v) is 5.57. The topological polar surface area (TPSA) is 29.5 Å². The van der Waals surface area contributed by atoms with Crippen LogP contribution in [0.15, 0.2) is 36.4 Å². The van der Waals surface area contributed by atoms with Gasteiger partial charge in [0.05, 0.1) is 6.10 Å². The Kier molecular flexibility index (Phi) is 4.92. The molecule has 0 aliphatic rings. The summed E-state index contributed by atoms with van der Waals surface area (Å²) in [6.45, 7) is 4.07. The number of rotatable bonds is 4. The van der Waals surface area contributed by atoms with Crippen molar-refractivity contribution in [1.82, 2.24) is 0 Å². The summed E-state index contributed by atoms with van der Waals surface area (Å²) in [6, 6.07) is 11.0. The maximum atomic E-state index is 9.54. The highest BCUT2D eigenvalue weighted by Gasteiger charge is 2.07. The zero-order valence-corrected chi connectivity index (χ0v) is 12.9. The van der Waals surface area contributed by atoms with Crippen LogP contribution >= 0.6 is 23.2 Å². The molecular formula is C16H16Cl2O2. The van der Waals surface area contributed by atoms with Crippen molar-refractivity contribution in [3.8, 4) is 5.75 Å². The highest BCUT2D eigenvalue weighted by atomic mass is 35.5. The van der Waals surface area contributed by atoms with Gasteiger partial charge in [0.15, 0.2) is 0 Å². The van der Waals surface area contributed by atoms with Crippen LogP contribution in [0.1, 0.15) is 29.7 Å². The van der Waals surface area contributed by atoms with E-state index in [0.29, 0.717) is 16.7 Å². The molecule has 2 nitrogen and oxygen atoms in total. The number of aryl methyl sites for hydroxylation is 1. The Morgan fingerprint density at radius 1 is 1.15 bits per heavy atom. The molecule has 0 aliphatic carbocycles. The molecule has 0 unspecified atom stereocenters. The van der Waals surface area contributed by atoms with Crippen LogP contribution < -0.4 is 4.74 Å². The van der Waals surface area contributed by atoms with Crippen molar-refractivity contribution in [2.24, 2.45) is 0 Å². The monoisotopic (exact) mass is 310 g/mol. The quantitative estimate of drug-likeness (QED) is 0.867. The molecule has 0 spiro atoms. The Hall–Kier alpha value is -1.22. The molecule has 0 amide bonds. The maximum Gasteiger partial charge on any atom is 0.122 e. The summed E-state index contributed by atoms with van der Waals surface area (Å²) in [5.41, 5.74) is 2.74. The van der Waals surface area contributed by atoms with Crippen molar-refractivity contribution in [2.45, 2.75) is 26.6 Å². The number of aliphatic hydroxyl groups excluding tert-OH is 1. The first-order chi connectivity index (χ1) is 9.47. The van der Waals surface area contributed by atoms with E-state index in [1.54, 1.807) is 19.1 Å². The normalized spacial score (nSPS) is 12.2. The van der Waals surface area contributed by atoms with E-state index < -0.39 is 6.10 Å². The molecule has 4 heteroatoms. The highest BCUT2D eigenvalue weighted by molar-refractivity contribution is 6.35. The summed E-state index contributed by atoms with van der Waals surface area (Å²) in [4.78, 5) is 0. The van der Waals surface area contributed by atoms with Gasteiger partial charge in [-0.1, -0.05) is 35.3 Å². The molecule has 2 rings (SSSR count). The minimum Gasteiger partial charge on any atom is -0.489 e. The third kappa shape index (κ3) is 3.66. The van der Waals surface area contributed by atoms with Crippen LogP contribution in [0.2, 0.25) is 10.0 Å². The van der Waals surface area contributed by atoms with Crippen LogP contribution in [0.3, 0.4) is 0 Å². The van der Waals surface area contributed by atoms with E-state index in [0.717, 1.165) is 22.4 Å². The second-order valence-electron chi connectivity index (χ2n) is 4.73. The first-order valence-corrected chi connectivity index (χ1v) is 7.08. The fourth-order valence-corrected chi connectivity index (χ4v) is 2.35. The third-order valence-electron chi connectivity index (χ3n) is 3.08. The van der Waals surface area contributed by atoms with Crippen molar-refractivity contribution < 1.29 is 9.84 Å². The van der Waals surface area contributed by atoms with Crippen LogP contribution in [0.4, 0.5) is 0 Å². The van der Waals surface area contributed by atoms with Crippen LogP contribution in [-0.4, -0.2) is 5.11 Å². The average molecular weight is 311 g/mol. The lowest BCUT2D eigenvalue weighted by Crippen LogP contribution is -1.99. The molecule has 1 N–H and O–H groups in total. The molecule has 0 fully saturated rings. The molecule has 20 heavy (non-hydrogen) atoms. The van der Waals surface area contributed by atoms with Crippen molar-refractivity contribution >= 4 is 23.2 Å². The van der Waals surface area contributed by atoms with Crippen LogP contribution in [-0.2, 0) is 6.61 Å². The lowest BCUT2D eigenvalue weighted by atomic mass is 10.1. The third-order valence-corrected chi connectivity index (χ3v) is 3.67. The van der Waals surface area contributed by atoms with Gasteiger partial charge in [0.25, 0.3) is 0 Å². The Bertz CT molecular complexity index is 609. The Labute approximate surface area is 128 Å². The first-order valence-electron chi connectivity index (χ1n) is 6.32. The van der Waals surface area contributed by atoms with E-state index in [1.165, 1.54) is 0 Å². The fraction of sp³-hybridized carbons (Fsp3) is 0.250. The van der Waals surface area contributed by atoms with Crippen molar-refractivity contribution in [3.05, 3.63) is 63.1 Å². The number of benzene rings is 2. The summed E-state index contributed by atoms with van der Waals surface area (Å²) >= 11 is 12.0. The molecule has 1 atom stereocenters. The predicted molar refractivity (Wildman–Crippen MR) is 82.6 cm³/mol. The molecule has 106 valence electrons. The van der Waals surface area contributed by atoms with Gasteiger partial charge in [0.2, 0.25) is 0 Å². The number of hydrogen-bond acceptors (Lipinski definition) is 2. The number of hydrogen-bond donors (Lipinski definition) is 1. The lowest BCUT2D eigenvalue weighted by molar-refractivity contribution is 0.199. The number of aliphatic hydroxyl groups is 1. The minimum absolute atomic E-state index is 0.380. The zero-order chi connectivity index (χ0) is 14.7. The van der Waals surface area contributed by atoms with Crippen LogP contribution in [0.25, 0.3) is 0 Å². The van der Waals surface area contributed by atoms with Gasteiger partial charge >= 0.3 is 0 Å². The van der Waals surface area contributed by atoms with E-state index in [-0.39, 0.29) is 0 Å². The molecule has 0 bridgehead atoms. The molecule has 0 radical (unpaired) electrons. The highest BCUT2D eigenvalue weighted by Crippen LogP contribution is 2.26. The summed E-state index contributed by atoms with van der Waals surface area (Å²) < 4.78 is 5.77. The van der Waals surface area contributed by atoms with Crippen LogP contribution in [0, 0.1) is 6.92 Å². The Morgan fingerprint density at radius 3 is 2.50 bits per heavy atom. The molecule has 0 heterocycles. The van der Waals surface area contributed by atoms with E-state index in [2.05, 4.69) is 0 Å². The molecule has 0 saturated heterocycles. The molecule has 0 aliphatic heterocycles. The maximum absolute atomic E-state index is 9.54. The van der Waals surface area contributed by atoms with Gasteiger partial charge in [0.1, 0.15) is 12.4 Å². The lowest BCUT2D eigenvalue weighted by Gasteiger charge is -2.12. The fourth-order valence-electron chi connectivity index (χ4n) is 1.89. The van der Waals surface area contributed by atoms with Gasteiger partial charge in [-0.15, -0.1) is 0 Å². The predicted octanol–water partition coefficient (Wildman–Crippen LogP) is 4.93. The van der Waals surface area contributed by atoms with Crippen LogP contribution in [0.5, 0.6) is 5.75 Å². The largest absolute Gasteiger partial charge is 0.489 e. The van der Waals surface area contributed by atoms with Gasteiger partial charge in [0, 0.05) is 15.6 Å². The summed E-state index contributed by atoms with van der Waals surface area (Å²) in [5, 5.41) is 10.7. The average Bonchev–Trinajstić information content (AvgIpc) is 2.38. The smallest absolute Gasteiger partial charge is 0.122 e. The first kappa shape index (κ1) is 15.2. The second kappa shape index (κ2) is 6.49. The van der Waals surface area contributed by atoms with Gasteiger partial charge in [-0.2, -0.15) is 0 Å².